The maximum Gasteiger partial charge on any atom is 0.157 e. The molecule has 0 unspecified atom stereocenters. The quantitative estimate of drug-likeness (QED) is 0.734. The van der Waals surface area contributed by atoms with Crippen LogP contribution in [-0.2, 0) is 9.84 Å². The molecule has 0 saturated heterocycles. The molecule has 0 atom stereocenters. The van der Waals surface area contributed by atoms with Gasteiger partial charge < -0.3 is 5.73 Å². The molecule has 0 bridgehead atoms. The first-order chi connectivity index (χ1) is 5.99. The molecule has 2 saturated carbocycles. The first-order valence-corrected chi connectivity index (χ1v) is 6.57. The van der Waals surface area contributed by atoms with Gasteiger partial charge in [-0.3, -0.25) is 0 Å². The van der Waals surface area contributed by atoms with Gasteiger partial charge >= 0.3 is 0 Å². The monoisotopic (exact) mass is 203 g/mol. The van der Waals surface area contributed by atoms with Gasteiger partial charge in [-0.25, -0.2) is 8.42 Å². The van der Waals surface area contributed by atoms with Crippen molar-refractivity contribution in [3.63, 3.8) is 0 Å². The van der Waals surface area contributed by atoms with Gasteiger partial charge in [0.1, 0.15) is 0 Å². The molecule has 2 rings (SSSR count). The summed E-state index contributed by atoms with van der Waals surface area (Å²) in [4.78, 5) is 0. The SMILES string of the molecule is CCS(=O)(=O)C1(CN)CC2(CC2)C1. The van der Waals surface area contributed by atoms with E-state index in [0.717, 1.165) is 12.8 Å². The van der Waals surface area contributed by atoms with Crippen molar-refractivity contribution in [3.8, 4) is 0 Å². The van der Waals surface area contributed by atoms with Gasteiger partial charge in [0.15, 0.2) is 9.84 Å². The Kier molecular flexibility index (Phi) is 1.81. The van der Waals surface area contributed by atoms with Crippen molar-refractivity contribution in [2.75, 3.05) is 12.3 Å². The van der Waals surface area contributed by atoms with E-state index in [0.29, 0.717) is 12.0 Å². The van der Waals surface area contributed by atoms with Crippen molar-refractivity contribution in [3.05, 3.63) is 0 Å². The number of rotatable bonds is 3. The fourth-order valence-corrected chi connectivity index (χ4v) is 4.56. The zero-order valence-electron chi connectivity index (χ0n) is 8.04. The molecule has 0 aromatic heterocycles. The highest BCUT2D eigenvalue weighted by Crippen LogP contribution is 2.66. The smallest absolute Gasteiger partial charge is 0.157 e. The lowest BCUT2D eigenvalue weighted by Gasteiger charge is -2.47. The molecular formula is C9H17NO2S. The van der Waals surface area contributed by atoms with Gasteiger partial charge in [-0.2, -0.15) is 0 Å². The Labute approximate surface area is 79.6 Å². The fraction of sp³-hybridized carbons (Fsp3) is 1.00. The summed E-state index contributed by atoms with van der Waals surface area (Å²) < 4.78 is 23.0. The van der Waals surface area contributed by atoms with Crippen LogP contribution in [0.15, 0.2) is 0 Å². The van der Waals surface area contributed by atoms with Crippen LogP contribution >= 0.6 is 0 Å². The van der Waals surface area contributed by atoms with Crippen LogP contribution in [0.25, 0.3) is 0 Å². The predicted molar refractivity (Wildman–Crippen MR) is 52.1 cm³/mol. The molecule has 0 aromatic rings. The molecule has 76 valence electrons. The lowest BCUT2D eigenvalue weighted by molar-refractivity contribution is 0.198. The highest BCUT2D eigenvalue weighted by atomic mass is 32.2. The number of hydrogen-bond donors (Lipinski definition) is 1. The molecule has 0 aliphatic heterocycles. The van der Waals surface area contributed by atoms with Crippen molar-refractivity contribution >= 4 is 9.84 Å². The van der Waals surface area contributed by atoms with Crippen molar-refractivity contribution in [1.82, 2.24) is 0 Å². The molecule has 1 spiro atoms. The van der Waals surface area contributed by atoms with Crippen molar-refractivity contribution in [1.29, 1.82) is 0 Å². The second-order valence-corrected chi connectivity index (χ2v) is 7.32. The highest BCUT2D eigenvalue weighted by Gasteiger charge is 2.64. The van der Waals surface area contributed by atoms with Crippen LogP contribution in [-0.4, -0.2) is 25.5 Å². The Hall–Kier alpha value is -0.0900. The van der Waals surface area contributed by atoms with Crippen LogP contribution < -0.4 is 5.73 Å². The van der Waals surface area contributed by atoms with E-state index in [-0.39, 0.29) is 5.75 Å². The minimum absolute atomic E-state index is 0.236. The van der Waals surface area contributed by atoms with E-state index in [2.05, 4.69) is 0 Å². The zero-order valence-corrected chi connectivity index (χ0v) is 8.86. The summed E-state index contributed by atoms with van der Waals surface area (Å²) in [5.41, 5.74) is 6.00. The number of sulfone groups is 1. The van der Waals surface area contributed by atoms with Gasteiger partial charge in [0.25, 0.3) is 0 Å². The van der Waals surface area contributed by atoms with E-state index in [1.54, 1.807) is 6.92 Å². The molecule has 13 heavy (non-hydrogen) atoms. The molecule has 0 amide bonds. The molecular weight excluding hydrogens is 186 g/mol. The van der Waals surface area contributed by atoms with Crippen LogP contribution in [0.3, 0.4) is 0 Å². The van der Waals surface area contributed by atoms with E-state index in [4.69, 9.17) is 5.73 Å². The van der Waals surface area contributed by atoms with Gasteiger partial charge in [-0.15, -0.1) is 0 Å². The Morgan fingerprint density at radius 1 is 1.31 bits per heavy atom. The third kappa shape index (κ3) is 1.15. The van der Waals surface area contributed by atoms with Crippen molar-refractivity contribution in [2.45, 2.75) is 37.4 Å². The van der Waals surface area contributed by atoms with E-state index >= 15 is 0 Å². The van der Waals surface area contributed by atoms with E-state index in [1.807, 2.05) is 0 Å². The second kappa shape index (κ2) is 2.48. The summed E-state index contributed by atoms with van der Waals surface area (Å²) in [6.07, 6.45) is 4.08. The fourth-order valence-electron chi connectivity index (χ4n) is 2.64. The van der Waals surface area contributed by atoms with E-state index in [9.17, 15) is 8.42 Å². The maximum atomic E-state index is 11.8. The van der Waals surface area contributed by atoms with Crippen LogP contribution in [0.5, 0.6) is 0 Å². The van der Waals surface area contributed by atoms with E-state index < -0.39 is 14.6 Å². The molecule has 0 heterocycles. The lowest BCUT2D eigenvalue weighted by Crippen LogP contribution is -2.57. The number of nitrogens with two attached hydrogens (primary N) is 1. The Bertz CT molecular complexity index is 309. The van der Waals surface area contributed by atoms with Gasteiger partial charge in [0.2, 0.25) is 0 Å². The highest BCUT2D eigenvalue weighted by molar-refractivity contribution is 7.92. The summed E-state index contributed by atoms with van der Waals surface area (Å²) in [5, 5.41) is 0. The molecule has 3 nitrogen and oxygen atoms in total. The Morgan fingerprint density at radius 2 is 1.85 bits per heavy atom. The standard InChI is InChI=1S/C9H17NO2S/c1-2-13(11,12)9(7-10)5-8(6-9)3-4-8/h2-7,10H2,1H3. The Balaban J connectivity index is 2.19. The van der Waals surface area contributed by atoms with Crippen LogP contribution in [0.2, 0.25) is 0 Å². The van der Waals surface area contributed by atoms with Crippen LogP contribution in [0.4, 0.5) is 0 Å². The minimum atomic E-state index is -2.93. The molecule has 2 fully saturated rings. The summed E-state index contributed by atoms with van der Waals surface area (Å²) in [5.74, 6) is 0.236. The van der Waals surface area contributed by atoms with Crippen LogP contribution in [0.1, 0.15) is 32.6 Å². The minimum Gasteiger partial charge on any atom is -0.329 e. The predicted octanol–water partition coefficient (Wildman–Crippen LogP) is 0.693. The third-order valence-corrected chi connectivity index (χ3v) is 6.30. The summed E-state index contributed by atoms with van der Waals surface area (Å²) in [6, 6.07) is 0. The lowest BCUT2D eigenvalue weighted by atomic mass is 9.71. The average Bonchev–Trinajstić information content (AvgIpc) is 2.80. The van der Waals surface area contributed by atoms with Crippen molar-refractivity contribution < 1.29 is 8.42 Å². The topological polar surface area (TPSA) is 60.2 Å². The second-order valence-electron chi connectivity index (χ2n) is 4.64. The number of hydrogen-bond acceptors (Lipinski definition) is 3. The van der Waals surface area contributed by atoms with E-state index in [1.165, 1.54) is 12.8 Å². The largest absolute Gasteiger partial charge is 0.329 e. The van der Waals surface area contributed by atoms with Crippen LogP contribution in [0, 0.1) is 5.41 Å². The zero-order chi connectivity index (χ0) is 9.74. The van der Waals surface area contributed by atoms with Gasteiger partial charge in [0.05, 0.1) is 4.75 Å². The molecule has 2 aliphatic carbocycles. The van der Waals surface area contributed by atoms with Gasteiger partial charge in [-0.1, -0.05) is 6.92 Å². The molecule has 4 heteroatoms. The average molecular weight is 203 g/mol. The van der Waals surface area contributed by atoms with Crippen molar-refractivity contribution in [2.24, 2.45) is 11.1 Å². The molecule has 2 aliphatic rings. The molecule has 2 N–H and O–H groups in total. The first kappa shape index (κ1) is 9.46. The summed E-state index contributed by atoms with van der Waals surface area (Å²) in [6.45, 7) is 2.02. The molecule has 0 aromatic carbocycles. The summed E-state index contributed by atoms with van der Waals surface area (Å²) in [7, 11) is -2.93. The van der Waals surface area contributed by atoms with Gasteiger partial charge in [-0.05, 0) is 31.1 Å². The normalized spacial score (nSPS) is 28.5. The molecule has 0 radical (unpaired) electrons. The Morgan fingerprint density at radius 3 is 2.15 bits per heavy atom. The third-order valence-electron chi connectivity index (χ3n) is 3.76. The van der Waals surface area contributed by atoms with Gasteiger partial charge in [0, 0.05) is 12.3 Å². The first-order valence-electron chi connectivity index (χ1n) is 4.92. The summed E-state index contributed by atoms with van der Waals surface area (Å²) >= 11 is 0. The maximum absolute atomic E-state index is 11.8.